The summed E-state index contributed by atoms with van der Waals surface area (Å²) in [5.41, 5.74) is 2.01. The Kier molecular flexibility index (Phi) is 4.51. The first-order chi connectivity index (χ1) is 9.35. The van der Waals surface area contributed by atoms with Crippen molar-refractivity contribution in [2.24, 2.45) is 0 Å². The second-order valence-corrected chi connectivity index (χ2v) is 6.37. The minimum absolute atomic E-state index is 0.0611. The molecule has 0 aliphatic rings. The molecule has 108 valence electrons. The number of hydrogen-bond donors (Lipinski definition) is 1. The normalized spacial score (nSPS) is 11.8. The highest BCUT2D eigenvalue weighted by Gasteiger charge is 2.11. The van der Waals surface area contributed by atoms with Crippen LogP contribution >= 0.6 is 11.6 Å². The van der Waals surface area contributed by atoms with Crippen molar-refractivity contribution in [2.75, 3.05) is 0 Å². The van der Waals surface area contributed by atoms with E-state index >= 15 is 0 Å². The monoisotopic (exact) mass is 294 g/mol. The van der Waals surface area contributed by atoms with Gasteiger partial charge in [-0.15, -0.1) is 0 Å². The van der Waals surface area contributed by atoms with Crippen LogP contribution in [0.3, 0.4) is 0 Å². The lowest BCUT2D eigenvalue weighted by Crippen LogP contribution is -2.35. The Balaban J connectivity index is 2.14. The molecule has 20 heavy (non-hydrogen) atoms. The van der Waals surface area contributed by atoms with E-state index in [9.17, 15) is 4.39 Å². The summed E-state index contributed by atoms with van der Waals surface area (Å²) >= 11 is 6.12. The maximum atomic E-state index is 13.3. The summed E-state index contributed by atoms with van der Waals surface area (Å²) in [6.07, 6.45) is 1.99. The van der Waals surface area contributed by atoms with Crippen molar-refractivity contribution in [3.05, 3.63) is 58.6 Å². The molecule has 0 fully saturated rings. The van der Waals surface area contributed by atoms with Crippen LogP contribution in [0.15, 0.2) is 36.5 Å². The number of nitrogens with zero attached hydrogens (tertiary/aromatic N) is 1. The topological polar surface area (TPSA) is 17.0 Å². The van der Waals surface area contributed by atoms with Crippen molar-refractivity contribution < 1.29 is 4.39 Å². The summed E-state index contributed by atoms with van der Waals surface area (Å²) in [6, 6.07) is 8.52. The molecule has 0 saturated heterocycles. The van der Waals surface area contributed by atoms with E-state index in [-0.39, 0.29) is 11.4 Å². The standard InChI is InChI=1S/C16H20ClFN2/c1-16(2,3)19-10-14-5-4-8-20(14)11-12-9-13(18)6-7-15(12)17/h4-9,19H,10-11H2,1-3H3. The van der Waals surface area contributed by atoms with Crippen LogP contribution < -0.4 is 5.32 Å². The number of benzene rings is 1. The van der Waals surface area contributed by atoms with E-state index in [2.05, 4.69) is 36.7 Å². The Bertz CT molecular complexity index is 584. The molecule has 1 heterocycles. The third-order valence-corrected chi connectivity index (χ3v) is 3.44. The van der Waals surface area contributed by atoms with Gasteiger partial charge in [0.1, 0.15) is 5.82 Å². The van der Waals surface area contributed by atoms with E-state index in [1.807, 2.05) is 12.3 Å². The molecule has 0 amide bonds. The van der Waals surface area contributed by atoms with Gasteiger partial charge in [0.25, 0.3) is 0 Å². The maximum absolute atomic E-state index is 13.3. The molecule has 0 bridgehead atoms. The van der Waals surface area contributed by atoms with Crippen molar-refractivity contribution in [3.8, 4) is 0 Å². The van der Waals surface area contributed by atoms with Crippen LogP contribution in [0.5, 0.6) is 0 Å². The molecule has 2 aromatic rings. The Hall–Kier alpha value is -1.32. The van der Waals surface area contributed by atoms with Crippen LogP contribution in [0.25, 0.3) is 0 Å². The van der Waals surface area contributed by atoms with Crippen LogP contribution in [0.2, 0.25) is 5.02 Å². The summed E-state index contributed by atoms with van der Waals surface area (Å²) in [7, 11) is 0. The average molecular weight is 295 g/mol. The zero-order valence-electron chi connectivity index (χ0n) is 12.1. The molecule has 4 heteroatoms. The van der Waals surface area contributed by atoms with Gasteiger partial charge in [0, 0.05) is 35.5 Å². The van der Waals surface area contributed by atoms with Crippen molar-refractivity contribution in [2.45, 2.75) is 39.4 Å². The van der Waals surface area contributed by atoms with Gasteiger partial charge in [-0.05, 0) is 56.7 Å². The zero-order chi connectivity index (χ0) is 14.8. The van der Waals surface area contributed by atoms with Crippen molar-refractivity contribution in [1.82, 2.24) is 9.88 Å². The van der Waals surface area contributed by atoms with Gasteiger partial charge < -0.3 is 9.88 Å². The lowest BCUT2D eigenvalue weighted by atomic mass is 10.1. The predicted molar refractivity (Wildman–Crippen MR) is 81.5 cm³/mol. The van der Waals surface area contributed by atoms with Gasteiger partial charge in [0.2, 0.25) is 0 Å². The third-order valence-electron chi connectivity index (χ3n) is 3.07. The zero-order valence-corrected chi connectivity index (χ0v) is 12.8. The second kappa shape index (κ2) is 5.98. The van der Waals surface area contributed by atoms with E-state index in [0.717, 1.165) is 17.8 Å². The number of aromatic nitrogens is 1. The van der Waals surface area contributed by atoms with E-state index in [4.69, 9.17) is 11.6 Å². The molecule has 0 aliphatic carbocycles. The highest BCUT2D eigenvalue weighted by molar-refractivity contribution is 6.31. The quantitative estimate of drug-likeness (QED) is 0.893. The van der Waals surface area contributed by atoms with E-state index in [1.165, 1.54) is 12.1 Å². The number of hydrogen-bond acceptors (Lipinski definition) is 1. The third kappa shape index (κ3) is 4.09. The van der Waals surface area contributed by atoms with Gasteiger partial charge in [0.15, 0.2) is 0 Å². The fraction of sp³-hybridized carbons (Fsp3) is 0.375. The molecule has 0 spiro atoms. The van der Waals surface area contributed by atoms with Crippen molar-refractivity contribution in [1.29, 1.82) is 0 Å². The summed E-state index contributed by atoms with van der Waals surface area (Å²) in [6.45, 7) is 7.73. The summed E-state index contributed by atoms with van der Waals surface area (Å²) in [4.78, 5) is 0. The molecule has 1 aromatic heterocycles. The second-order valence-electron chi connectivity index (χ2n) is 5.97. The Morgan fingerprint density at radius 2 is 2.00 bits per heavy atom. The summed E-state index contributed by atoms with van der Waals surface area (Å²) in [5, 5.41) is 4.04. The fourth-order valence-corrected chi connectivity index (χ4v) is 2.15. The maximum Gasteiger partial charge on any atom is 0.123 e. The lowest BCUT2D eigenvalue weighted by molar-refractivity contribution is 0.417. The molecule has 2 nitrogen and oxygen atoms in total. The molecule has 1 N–H and O–H groups in total. The molecular weight excluding hydrogens is 275 g/mol. The number of nitrogens with one attached hydrogen (secondary N) is 1. The van der Waals surface area contributed by atoms with Crippen LogP contribution in [-0.4, -0.2) is 10.1 Å². The van der Waals surface area contributed by atoms with Crippen LogP contribution in [0.4, 0.5) is 4.39 Å². The Morgan fingerprint density at radius 1 is 1.25 bits per heavy atom. The lowest BCUT2D eigenvalue weighted by Gasteiger charge is -2.21. The minimum Gasteiger partial charge on any atom is -0.346 e. The molecular formula is C16H20ClFN2. The first-order valence-electron chi connectivity index (χ1n) is 6.68. The Labute approximate surface area is 124 Å². The predicted octanol–water partition coefficient (Wildman–Crippen LogP) is 4.22. The smallest absolute Gasteiger partial charge is 0.123 e. The van der Waals surface area contributed by atoms with Gasteiger partial charge in [-0.1, -0.05) is 11.6 Å². The average Bonchev–Trinajstić information content (AvgIpc) is 2.78. The first-order valence-corrected chi connectivity index (χ1v) is 7.06. The minimum atomic E-state index is -0.258. The number of halogens is 2. The molecule has 0 radical (unpaired) electrons. The SMILES string of the molecule is CC(C)(C)NCc1cccn1Cc1cc(F)ccc1Cl. The van der Waals surface area contributed by atoms with Gasteiger partial charge in [0.05, 0.1) is 0 Å². The Morgan fingerprint density at radius 3 is 2.70 bits per heavy atom. The molecule has 0 saturated carbocycles. The van der Waals surface area contributed by atoms with Crippen LogP contribution in [0.1, 0.15) is 32.0 Å². The van der Waals surface area contributed by atoms with E-state index < -0.39 is 0 Å². The molecule has 1 aromatic carbocycles. The molecule has 2 rings (SSSR count). The molecule has 0 unspecified atom stereocenters. The van der Waals surface area contributed by atoms with Crippen molar-refractivity contribution >= 4 is 11.6 Å². The highest BCUT2D eigenvalue weighted by Crippen LogP contribution is 2.19. The van der Waals surface area contributed by atoms with Crippen LogP contribution in [-0.2, 0) is 13.1 Å². The number of rotatable bonds is 4. The van der Waals surface area contributed by atoms with Gasteiger partial charge in [-0.25, -0.2) is 4.39 Å². The van der Waals surface area contributed by atoms with Crippen LogP contribution in [0, 0.1) is 5.82 Å². The summed E-state index contributed by atoms with van der Waals surface area (Å²) < 4.78 is 15.4. The first kappa shape index (κ1) is 15.1. The molecule has 0 atom stereocenters. The largest absolute Gasteiger partial charge is 0.346 e. The fourth-order valence-electron chi connectivity index (χ4n) is 1.97. The van der Waals surface area contributed by atoms with Gasteiger partial charge in [-0.2, -0.15) is 0 Å². The molecule has 0 aliphatic heterocycles. The van der Waals surface area contributed by atoms with Gasteiger partial charge >= 0.3 is 0 Å². The van der Waals surface area contributed by atoms with Gasteiger partial charge in [-0.3, -0.25) is 0 Å². The highest BCUT2D eigenvalue weighted by atomic mass is 35.5. The van der Waals surface area contributed by atoms with Crippen molar-refractivity contribution in [3.63, 3.8) is 0 Å². The van der Waals surface area contributed by atoms with E-state index in [1.54, 1.807) is 6.07 Å². The van der Waals surface area contributed by atoms with E-state index in [0.29, 0.717) is 11.6 Å². The summed E-state index contributed by atoms with van der Waals surface area (Å²) in [5.74, 6) is -0.258.